The largest absolute Gasteiger partial charge is 0.332 e. The molecule has 8 heteroatoms. The molecule has 3 aliphatic rings. The van der Waals surface area contributed by atoms with Crippen molar-refractivity contribution >= 4 is 73.1 Å². The molecule has 4 rings (SSSR count). The first-order chi connectivity index (χ1) is 13.3. The maximum absolute atomic E-state index is 12.8. The van der Waals surface area contributed by atoms with E-state index >= 15 is 0 Å². The number of urea groups is 1. The Bertz CT molecular complexity index is 853. The summed E-state index contributed by atoms with van der Waals surface area (Å²) in [7, 11) is -3.70. The average molecular weight is 445 g/mol. The summed E-state index contributed by atoms with van der Waals surface area (Å²) in [6.07, 6.45) is 7.63. The van der Waals surface area contributed by atoms with Crippen LogP contribution in [0.3, 0.4) is 0 Å². The van der Waals surface area contributed by atoms with Gasteiger partial charge in [0.1, 0.15) is 0 Å². The second-order valence-corrected chi connectivity index (χ2v) is 10.6. The first kappa shape index (κ1) is 23.7. The summed E-state index contributed by atoms with van der Waals surface area (Å²) in [5.41, 5.74) is 5.92. The topological polar surface area (TPSA) is 78.5 Å². The predicted molar refractivity (Wildman–Crippen MR) is 117 cm³/mol. The Balaban J connectivity index is 0.00000240. The van der Waals surface area contributed by atoms with Crippen LogP contribution in [0.5, 0.6) is 0 Å². The number of aryl methyl sites for hydroxylation is 2. The number of nitrogens with one attached hydrogen (secondary N) is 2. The second-order valence-electron chi connectivity index (χ2n) is 8.69. The van der Waals surface area contributed by atoms with Crippen LogP contribution in [0, 0.1) is 0 Å². The predicted octanol–water partition coefficient (Wildman–Crippen LogP) is 2.61. The minimum absolute atomic E-state index is 0. The van der Waals surface area contributed by atoms with E-state index in [0.29, 0.717) is 19.0 Å². The molecule has 0 saturated carbocycles. The van der Waals surface area contributed by atoms with Crippen molar-refractivity contribution in [1.82, 2.24) is 9.62 Å². The first-order valence-electron chi connectivity index (χ1n) is 10.6. The van der Waals surface area contributed by atoms with E-state index in [1.165, 1.54) is 22.3 Å². The number of carbonyl (C=O) groups is 1. The fourth-order valence-corrected chi connectivity index (χ4v) is 6.35. The van der Waals surface area contributed by atoms with Gasteiger partial charge in [-0.25, -0.2) is 17.9 Å². The van der Waals surface area contributed by atoms with Crippen LogP contribution in [-0.4, -0.2) is 95.1 Å². The second kappa shape index (κ2) is 9.67. The molecule has 1 atom stereocenters. The number of carbonyl (C=O) groups excluding carboxylic acids is 1. The molecule has 155 valence electrons. The molecular formula is C21H31KN3O3S. The minimum Gasteiger partial charge on any atom is -0.307 e. The Morgan fingerprint density at radius 1 is 1.07 bits per heavy atom. The number of anilines is 1. The van der Waals surface area contributed by atoms with E-state index in [2.05, 4.69) is 34.9 Å². The van der Waals surface area contributed by atoms with Crippen LogP contribution in [-0.2, 0) is 35.7 Å². The first-order valence-corrected chi connectivity index (χ1v) is 12.1. The number of piperidine rings is 1. The van der Waals surface area contributed by atoms with Crippen molar-refractivity contribution in [2.45, 2.75) is 76.5 Å². The molecule has 29 heavy (non-hydrogen) atoms. The molecule has 1 aromatic rings. The number of sulfonamides is 1. The number of rotatable bonds is 4. The van der Waals surface area contributed by atoms with Crippen LogP contribution in [0.15, 0.2) is 6.07 Å². The smallest absolute Gasteiger partial charge is 0.307 e. The molecule has 2 N–H and O–H groups in total. The Kier molecular flexibility index (Phi) is 7.90. The van der Waals surface area contributed by atoms with Crippen LogP contribution in [0.2, 0.25) is 0 Å². The molecule has 1 saturated heterocycles. The van der Waals surface area contributed by atoms with E-state index in [4.69, 9.17) is 0 Å². The zero-order chi connectivity index (χ0) is 19.9. The summed E-state index contributed by atoms with van der Waals surface area (Å²) >= 11 is 0. The molecule has 1 unspecified atom stereocenters. The van der Waals surface area contributed by atoms with Crippen molar-refractivity contribution in [3.63, 3.8) is 0 Å². The van der Waals surface area contributed by atoms with Gasteiger partial charge in [-0.15, -0.1) is 0 Å². The van der Waals surface area contributed by atoms with Crippen molar-refractivity contribution in [2.24, 2.45) is 0 Å². The van der Waals surface area contributed by atoms with Gasteiger partial charge < -0.3 is 5.32 Å². The monoisotopic (exact) mass is 444 g/mol. The summed E-state index contributed by atoms with van der Waals surface area (Å²) in [5.74, 6) is 0. The minimum atomic E-state index is -3.70. The zero-order valence-corrected chi connectivity index (χ0v) is 21.8. The fourth-order valence-electron chi connectivity index (χ4n) is 5.01. The molecule has 0 spiro atoms. The molecule has 6 nitrogen and oxygen atoms in total. The number of likely N-dealkylation sites (tertiary alicyclic amines) is 1. The van der Waals surface area contributed by atoms with Crippen molar-refractivity contribution in [3.05, 3.63) is 28.3 Å². The molecule has 2 amide bonds. The number of benzene rings is 1. The Labute approximate surface area is 217 Å². The van der Waals surface area contributed by atoms with Gasteiger partial charge in [0.25, 0.3) is 0 Å². The van der Waals surface area contributed by atoms with Crippen LogP contribution >= 0.6 is 0 Å². The molecule has 1 heterocycles. The van der Waals surface area contributed by atoms with E-state index in [9.17, 15) is 13.2 Å². The molecule has 1 aliphatic heterocycles. The van der Waals surface area contributed by atoms with Crippen molar-refractivity contribution in [2.75, 3.05) is 18.4 Å². The maximum Gasteiger partial charge on any atom is 0.332 e. The molecule has 0 bridgehead atoms. The van der Waals surface area contributed by atoms with Gasteiger partial charge >= 0.3 is 6.03 Å². The number of fused-ring (bicyclic) bond motifs is 2. The van der Waals surface area contributed by atoms with Crippen molar-refractivity contribution < 1.29 is 13.2 Å². The van der Waals surface area contributed by atoms with E-state index in [-0.39, 0.29) is 51.4 Å². The summed E-state index contributed by atoms with van der Waals surface area (Å²) in [6.45, 7) is 5.55. The van der Waals surface area contributed by atoms with Gasteiger partial charge in [-0.3, -0.25) is 4.90 Å². The van der Waals surface area contributed by atoms with Gasteiger partial charge in [-0.05, 0) is 94.0 Å². The third-order valence-corrected chi connectivity index (χ3v) is 8.26. The molecular weight excluding hydrogens is 413 g/mol. The Morgan fingerprint density at radius 3 is 2.28 bits per heavy atom. The van der Waals surface area contributed by atoms with Gasteiger partial charge in [0.2, 0.25) is 10.0 Å². The molecule has 1 radical (unpaired) electrons. The van der Waals surface area contributed by atoms with Gasteiger partial charge in [0.05, 0.1) is 5.25 Å². The molecule has 2 aliphatic carbocycles. The van der Waals surface area contributed by atoms with Crippen LogP contribution in [0.25, 0.3) is 0 Å². The fraction of sp³-hybridized carbons (Fsp3) is 0.667. The quantitative estimate of drug-likeness (QED) is 0.700. The van der Waals surface area contributed by atoms with E-state index < -0.39 is 21.3 Å². The van der Waals surface area contributed by atoms with Crippen LogP contribution < -0.4 is 10.0 Å². The number of amides is 2. The summed E-state index contributed by atoms with van der Waals surface area (Å²) in [5, 5.41) is 2.39. The third-order valence-electron chi connectivity index (χ3n) is 6.53. The normalized spacial score (nSPS) is 21.4. The number of hydrogen-bond acceptors (Lipinski definition) is 4. The summed E-state index contributed by atoms with van der Waals surface area (Å²) in [4.78, 5) is 14.8. The summed E-state index contributed by atoms with van der Waals surface area (Å²) in [6, 6.07) is 1.99. The average Bonchev–Trinajstić information content (AvgIpc) is 3.30. The van der Waals surface area contributed by atoms with E-state index in [1.807, 2.05) is 0 Å². The van der Waals surface area contributed by atoms with Gasteiger partial charge in [-0.1, -0.05) is 6.07 Å². The van der Waals surface area contributed by atoms with Crippen molar-refractivity contribution in [1.29, 1.82) is 0 Å². The molecule has 1 fully saturated rings. The van der Waals surface area contributed by atoms with Crippen LogP contribution in [0.4, 0.5) is 10.5 Å². The van der Waals surface area contributed by atoms with E-state index in [1.54, 1.807) is 0 Å². The van der Waals surface area contributed by atoms with E-state index in [0.717, 1.165) is 57.2 Å². The standard InChI is InChI=1S/C21H31N3O3S.K/c1-14(2)24-11-5-8-17(13-24)28(26,27)23-21(25)22-20-18-9-3-6-15(18)12-16-7-4-10-19(16)20;/h12,14,17H,3-11,13H2,1-2H3,(H2,22,23,25);. The summed E-state index contributed by atoms with van der Waals surface area (Å²) < 4.78 is 28.0. The van der Waals surface area contributed by atoms with Gasteiger partial charge in [0.15, 0.2) is 0 Å². The third kappa shape index (κ3) is 5.10. The van der Waals surface area contributed by atoms with Gasteiger partial charge in [-0.2, -0.15) is 0 Å². The molecule has 1 aromatic carbocycles. The Hall–Kier alpha value is 0.0364. The zero-order valence-electron chi connectivity index (χ0n) is 17.9. The maximum atomic E-state index is 12.8. The number of nitrogens with zero attached hydrogens (tertiary/aromatic N) is 1. The Morgan fingerprint density at radius 2 is 1.69 bits per heavy atom. The number of hydrogen-bond donors (Lipinski definition) is 2. The SMILES string of the molecule is CC(C)N1CCCC(S(=O)(=O)NC(=O)Nc2c3c(cc4c2CCC4)CCC3)C1.[K]. The van der Waals surface area contributed by atoms with Crippen LogP contribution in [0.1, 0.15) is 61.8 Å². The van der Waals surface area contributed by atoms with Gasteiger partial charge in [0, 0.05) is 69.7 Å². The van der Waals surface area contributed by atoms with Crippen molar-refractivity contribution in [3.8, 4) is 0 Å². The molecule has 0 aromatic heterocycles.